The molecule has 7 heteroatoms. The number of amides is 1. The molecular formula is C9H7BrN4OS. The van der Waals surface area contributed by atoms with Crippen molar-refractivity contribution in [2.24, 2.45) is 10.2 Å². The standard InChI is InChI=1S/C9H7BrN4OS/c10-5-2-1-3-6(4-5)13-14-7-8(15)12-9(16)11-7/h1-4,7H,(H2,11,12,15,16). The van der Waals surface area contributed by atoms with Crippen LogP contribution in [0, 0.1) is 0 Å². The van der Waals surface area contributed by atoms with Crippen LogP contribution in [0.25, 0.3) is 0 Å². The Bertz CT molecular complexity index is 476. The lowest BCUT2D eigenvalue weighted by molar-refractivity contribution is -0.120. The fraction of sp³-hybridized carbons (Fsp3) is 0.111. The highest BCUT2D eigenvalue weighted by molar-refractivity contribution is 9.10. The molecule has 0 aliphatic carbocycles. The van der Waals surface area contributed by atoms with Crippen molar-refractivity contribution < 1.29 is 4.79 Å². The van der Waals surface area contributed by atoms with Gasteiger partial charge in [0.25, 0.3) is 5.91 Å². The molecule has 1 aromatic rings. The summed E-state index contributed by atoms with van der Waals surface area (Å²) in [6, 6.07) is 7.31. The van der Waals surface area contributed by atoms with Crippen molar-refractivity contribution >= 4 is 44.9 Å². The van der Waals surface area contributed by atoms with Gasteiger partial charge in [0.15, 0.2) is 5.11 Å². The van der Waals surface area contributed by atoms with Gasteiger partial charge in [-0.2, -0.15) is 10.2 Å². The predicted molar refractivity (Wildman–Crippen MR) is 66.3 cm³/mol. The number of carbonyl (C=O) groups is 1. The summed E-state index contributed by atoms with van der Waals surface area (Å²) in [5.41, 5.74) is 0.668. The van der Waals surface area contributed by atoms with Gasteiger partial charge in [0, 0.05) is 4.47 Å². The minimum absolute atomic E-state index is 0.281. The smallest absolute Gasteiger partial charge is 0.273 e. The summed E-state index contributed by atoms with van der Waals surface area (Å²) in [5.74, 6) is -0.288. The molecule has 1 aliphatic heterocycles. The van der Waals surface area contributed by atoms with Gasteiger partial charge in [0.05, 0.1) is 5.69 Å². The van der Waals surface area contributed by atoms with E-state index in [2.05, 4.69) is 36.8 Å². The lowest BCUT2D eigenvalue weighted by atomic mass is 10.3. The minimum Gasteiger partial charge on any atom is -0.331 e. The van der Waals surface area contributed by atoms with Gasteiger partial charge in [-0.25, -0.2) is 0 Å². The van der Waals surface area contributed by atoms with E-state index in [9.17, 15) is 4.79 Å². The molecule has 1 aliphatic rings. The highest BCUT2D eigenvalue weighted by Gasteiger charge is 2.26. The summed E-state index contributed by atoms with van der Waals surface area (Å²) in [7, 11) is 0. The number of benzene rings is 1. The normalized spacial score (nSPS) is 19.9. The quantitative estimate of drug-likeness (QED) is 0.647. The average molecular weight is 299 g/mol. The first-order valence-corrected chi connectivity index (χ1v) is 5.63. The number of nitrogens with zero attached hydrogens (tertiary/aromatic N) is 2. The molecular weight excluding hydrogens is 292 g/mol. The van der Waals surface area contributed by atoms with Gasteiger partial charge < -0.3 is 5.32 Å². The molecule has 0 saturated carbocycles. The molecule has 0 aromatic heterocycles. The number of rotatable bonds is 2. The Morgan fingerprint density at radius 3 is 2.88 bits per heavy atom. The largest absolute Gasteiger partial charge is 0.331 e. The van der Waals surface area contributed by atoms with E-state index in [0.717, 1.165) is 4.47 Å². The molecule has 1 atom stereocenters. The third kappa shape index (κ3) is 2.61. The minimum atomic E-state index is -0.730. The van der Waals surface area contributed by atoms with Crippen LogP contribution in [0.2, 0.25) is 0 Å². The van der Waals surface area contributed by atoms with Crippen molar-refractivity contribution in [2.45, 2.75) is 6.17 Å². The van der Waals surface area contributed by atoms with E-state index in [1.165, 1.54) is 0 Å². The molecule has 1 saturated heterocycles. The Kier molecular flexibility index (Phi) is 3.25. The van der Waals surface area contributed by atoms with E-state index in [4.69, 9.17) is 12.2 Å². The number of hydrogen-bond donors (Lipinski definition) is 2. The van der Waals surface area contributed by atoms with Gasteiger partial charge in [-0.3, -0.25) is 10.1 Å². The van der Waals surface area contributed by atoms with E-state index in [0.29, 0.717) is 5.69 Å². The van der Waals surface area contributed by atoms with Crippen LogP contribution >= 0.6 is 28.1 Å². The molecule has 0 radical (unpaired) electrons. The average Bonchev–Trinajstić information content (AvgIpc) is 2.54. The molecule has 1 amide bonds. The summed E-state index contributed by atoms with van der Waals surface area (Å²) < 4.78 is 0.906. The maximum Gasteiger partial charge on any atom is 0.273 e. The Morgan fingerprint density at radius 2 is 2.25 bits per heavy atom. The predicted octanol–water partition coefficient (Wildman–Crippen LogP) is 1.86. The molecule has 0 bridgehead atoms. The zero-order valence-electron chi connectivity index (χ0n) is 7.98. The van der Waals surface area contributed by atoms with Crippen LogP contribution in [0.1, 0.15) is 0 Å². The first-order chi connectivity index (χ1) is 7.65. The van der Waals surface area contributed by atoms with Crippen molar-refractivity contribution in [1.82, 2.24) is 10.6 Å². The van der Waals surface area contributed by atoms with Gasteiger partial charge in [0.2, 0.25) is 6.17 Å². The summed E-state index contributed by atoms with van der Waals surface area (Å²) >= 11 is 8.09. The molecule has 1 heterocycles. The number of halogens is 1. The lowest BCUT2D eigenvalue weighted by Gasteiger charge is -1.98. The molecule has 5 nitrogen and oxygen atoms in total. The Balaban J connectivity index is 2.10. The van der Waals surface area contributed by atoms with Crippen LogP contribution in [-0.4, -0.2) is 17.2 Å². The van der Waals surface area contributed by atoms with Gasteiger partial charge >= 0.3 is 0 Å². The zero-order chi connectivity index (χ0) is 11.5. The van der Waals surface area contributed by atoms with Crippen molar-refractivity contribution in [2.75, 3.05) is 0 Å². The molecule has 2 N–H and O–H groups in total. The number of nitrogens with one attached hydrogen (secondary N) is 2. The second kappa shape index (κ2) is 4.67. The van der Waals surface area contributed by atoms with E-state index < -0.39 is 6.17 Å². The van der Waals surface area contributed by atoms with Crippen molar-refractivity contribution in [1.29, 1.82) is 0 Å². The maximum absolute atomic E-state index is 11.2. The van der Waals surface area contributed by atoms with Gasteiger partial charge in [-0.1, -0.05) is 22.0 Å². The molecule has 1 unspecified atom stereocenters. The summed E-state index contributed by atoms with van der Waals surface area (Å²) in [6.45, 7) is 0. The fourth-order valence-electron chi connectivity index (χ4n) is 1.15. The second-order valence-electron chi connectivity index (χ2n) is 3.06. The molecule has 1 fully saturated rings. The highest BCUT2D eigenvalue weighted by Crippen LogP contribution is 2.19. The van der Waals surface area contributed by atoms with Crippen LogP contribution in [0.5, 0.6) is 0 Å². The Labute approximate surface area is 105 Å². The highest BCUT2D eigenvalue weighted by atomic mass is 79.9. The second-order valence-corrected chi connectivity index (χ2v) is 4.38. The number of azo groups is 1. The van der Waals surface area contributed by atoms with Crippen molar-refractivity contribution in [3.8, 4) is 0 Å². The summed E-state index contributed by atoms with van der Waals surface area (Å²) in [4.78, 5) is 11.2. The number of thiocarbonyl (C=S) groups is 1. The van der Waals surface area contributed by atoms with Gasteiger partial charge in [-0.05, 0) is 30.4 Å². The monoisotopic (exact) mass is 298 g/mol. The number of hydrogen-bond acceptors (Lipinski definition) is 4. The summed E-state index contributed by atoms with van der Waals surface area (Å²) in [5, 5.41) is 13.2. The van der Waals surface area contributed by atoms with Crippen LogP contribution in [0.4, 0.5) is 5.69 Å². The van der Waals surface area contributed by atoms with Gasteiger partial charge in [-0.15, -0.1) is 0 Å². The first kappa shape index (κ1) is 11.2. The van der Waals surface area contributed by atoms with Crippen LogP contribution in [0.3, 0.4) is 0 Å². The Hall–Kier alpha value is -1.34. The Morgan fingerprint density at radius 1 is 1.44 bits per heavy atom. The third-order valence-corrected chi connectivity index (χ3v) is 2.56. The SMILES string of the molecule is O=C1NC(=S)NC1N=Nc1cccc(Br)c1. The van der Waals surface area contributed by atoms with E-state index >= 15 is 0 Å². The van der Waals surface area contributed by atoms with E-state index in [-0.39, 0.29) is 11.0 Å². The van der Waals surface area contributed by atoms with E-state index in [1.54, 1.807) is 12.1 Å². The topological polar surface area (TPSA) is 65.8 Å². The number of carbonyl (C=O) groups excluding carboxylic acids is 1. The van der Waals surface area contributed by atoms with Crippen molar-refractivity contribution in [3.63, 3.8) is 0 Å². The lowest BCUT2D eigenvalue weighted by Crippen LogP contribution is -2.25. The van der Waals surface area contributed by atoms with Crippen LogP contribution in [0.15, 0.2) is 39.0 Å². The zero-order valence-corrected chi connectivity index (χ0v) is 10.4. The van der Waals surface area contributed by atoms with E-state index in [1.807, 2.05) is 12.1 Å². The fourth-order valence-corrected chi connectivity index (χ4v) is 1.75. The first-order valence-electron chi connectivity index (χ1n) is 4.43. The van der Waals surface area contributed by atoms with Gasteiger partial charge in [0.1, 0.15) is 0 Å². The molecule has 16 heavy (non-hydrogen) atoms. The molecule has 1 aromatic carbocycles. The maximum atomic E-state index is 11.2. The summed E-state index contributed by atoms with van der Waals surface area (Å²) in [6.07, 6.45) is -0.730. The molecule has 2 rings (SSSR count). The third-order valence-electron chi connectivity index (χ3n) is 1.85. The molecule has 82 valence electrons. The van der Waals surface area contributed by atoms with Crippen LogP contribution in [-0.2, 0) is 4.79 Å². The van der Waals surface area contributed by atoms with Crippen LogP contribution < -0.4 is 10.6 Å². The van der Waals surface area contributed by atoms with Crippen molar-refractivity contribution in [3.05, 3.63) is 28.7 Å². The molecule has 0 spiro atoms.